The van der Waals surface area contributed by atoms with Crippen molar-refractivity contribution in [1.82, 2.24) is 9.96 Å². The maximum Gasteiger partial charge on any atom is 0.333 e. The number of unbranched alkanes of at least 4 members (excludes halogenated alkanes) is 2. The van der Waals surface area contributed by atoms with Gasteiger partial charge in [0.05, 0.1) is 0 Å². The third-order valence-corrected chi connectivity index (χ3v) is 3.11. The normalized spacial score (nSPS) is 14.6. The van der Waals surface area contributed by atoms with E-state index >= 15 is 0 Å². The van der Waals surface area contributed by atoms with Crippen LogP contribution in [0.25, 0.3) is 0 Å². The molecule has 1 aliphatic heterocycles. The lowest BCUT2D eigenvalue weighted by atomic mass is 10.2. The van der Waals surface area contributed by atoms with E-state index in [1.165, 1.54) is 6.92 Å². The van der Waals surface area contributed by atoms with E-state index in [0.29, 0.717) is 18.0 Å². The van der Waals surface area contributed by atoms with Crippen molar-refractivity contribution in [3.05, 3.63) is 0 Å². The minimum Gasteiger partial charge on any atom is -0.346 e. The maximum atomic E-state index is 11.5. The van der Waals surface area contributed by atoms with Crippen LogP contribution in [0.4, 0.5) is 0 Å². The summed E-state index contributed by atoms with van der Waals surface area (Å²) in [6.07, 6.45) is 2.52. The van der Waals surface area contributed by atoms with Gasteiger partial charge in [0.1, 0.15) is 0 Å². The smallest absolute Gasteiger partial charge is 0.333 e. The van der Waals surface area contributed by atoms with Gasteiger partial charge in [-0.05, 0) is 12.8 Å². The summed E-state index contributed by atoms with van der Waals surface area (Å²) in [6, 6.07) is 0. The number of imide groups is 1. The molecule has 1 saturated heterocycles. The van der Waals surface area contributed by atoms with Crippen LogP contribution in [0.3, 0.4) is 0 Å². The number of rotatable bonds is 7. The summed E-state index contributed by atoms with van der Waals surface area (Å²) in [5, 5.41) is 0.561. The van der Waals surface area contributed by atoms with Gasteiger partial charge >= 0.3 is 5.97 Å². The molecule has 3 amide bonds. The van der Waals surface area contributed by atoms with Crippen molar-refractivity contribution in [3.8, 4) is 0 Å². The van der Waals surface area contributed by atoms with E-state index in [-0.39, 0.29) is 25.2 Å². The highest BCUT2D eigenvalue weighted by Crippen LogP contribution is 2.13. The molecule has 7 nitrogen and oxygen atoms in total. The fourth-order valence-electron chi connectivity index (χ4n) is 1.76. The summed E-state index contributed by atoms with van der Waals surface area (Å²) in [5.74, 6) is -1.50. The van der Waals surface area contributed by atoms with Gasteiger partial charge in [0.15, 0.2) is 0 Å². The minimum atomic E-state index is -0.575. The average molecular weight is 284 g/mol. The van der Waals surface area contributed by atoms with Gasteiger partial charge in [0.25, 0.3) is 11.8 Å². The quantitative estimate of drug-likeness (QED) is 0.506. The fraction of sp³-hybridized carbons (Fsp3) is 0.692. The van der Waals surface area contributed by atoms with Gasteiger partial charge in [0.2, 0.25) is 5.91 Å². The van der Waals surface area contributed by atoms with Crippen LogP contribution in [0.15, 0.2) is 0 Å². The number of hydrogen-bond donors (Lipinski definition) is 0. The number of hydroxylamine groups is 2. The summed E-state index contributed by atoms with van der Waals surface area (Å²) in [5.41, 5.74) is 0. The molecular weight excluding hydrogens is 264 g/mol. The fourth-order valence-corrected chi connectivity index (χ4v) is 1.76. The zero-order chi connectivity index (χ0) is 15.1. The van der Waals surface area contributed by atoms with E-state index < -0.39 is 17.8 Å². The van der Waals surface area contributed by atoms with Crippen molar-refractivity contribution in [2.75, 3.05) is 13.6 Å². The zero-order valence-corrected chi connectivity index (χ0v) is 11.9. The Hall–Kier alpha value is -1.92. The largest absolute Gasteiger partial charge is 0.346 e. The molecule has 7 heteroatoms. The number of nitrogens with zero attached hydrogens (tertiary/aromatic N) is 2. The lowest BCUT2D eigenvalue weighted by molar-refractivity contribution is -0.197. The first-order chi connectivity index (χ1) is 9.41. The van der Waals surface area contributed by atoms with Crippen molar-refractivity contribution >= 4 is 23.7 Å². The van der Waals surface area contributed by atoms with Gasteiger partial charge < -0.3 is 9.74 Å². The molecule has 0 spiro atoms. The molecule has 0 radical (unpaired) electrons. The van der Waals surface area contributed by atoms with Crippen molar-refractivity contribution in [2.45, 2.75) is 45.4 Å². The number of amides is 3. The van der Waals surface area contributed by atoms with Crippen molar-refractivity contribution in [1.29, 1.82) is 0 Å². The number of carbonyl (C=O) groups is 4. The Kier molecular flexibility index (Phi) is 6.14. The SMILES string of the molecule is CC(=O)N(C)CCCCCC(=O)ON1C(=O)CCC1=O. The molecule has 0 bridgehead atoms. The topological polar surface area (TPSA) is 84.0 Å². The first-order valence-electron chi connectivity index (χ1n) is 6.70. The Morgan fingerprint density at radius 1 is 1.15 bits per heavy atom. The van der Waals surface area contributed by atoms with E-state index in [2.05, 4.69) is 0 Å². The molecule has 0 aromatic carbocycles. The van der Waals surface area contributed by atoms with E-state index in [9.17, 15) is 19.2 Å². The minimum absolute atomic E-state index is 0.00969. The monoisotopic (exact) mass is 284 g/mol. The molecule has 0 unspecified atom stereocenters. The van der Waals surface area contributed by atoms with Gasteiger partial charge in [-0.3, -0.25) is 14.4 Å². The van der Waals surface area contributed by atoms with Crippen LogP contribution in [0.2, 0.25) is 0 Å². The Labute approximate surface area is 117 Å². The molecule has 20 heavy (non-hydrogen) atoms. The van der Waals surface area contributed by atoms with Crippen LogP contribution in [0, 0.1) is 0 Å². The van der Waals surface area contributed by atoms with E-state index in [1.54, 1.807) is 11.9 Å². The second kappa shape index (κ2) is 7.62. The summed E-state index contributed by atoms with van der Waals surface area (Å²) < 4.78 is 0. The lowest BCUT2D eigenvalue weighted by Crippen LogP contribution is -2.31. The molecule has 112 valence electrons. The molecule has 0 aromatic heterocycles. The molecule has 1 rings (SSSR count). The molecule has 1 heterocycles. The molecule has 0 N–H and O–H groups in total. The molecule has 0 atom stereocenters. The van der Waals surface area contributed by atoms with Gasteiger partial charge in [0, 0.05) is 39.8 Å². The van der Waals surface area contributed by atoms with E-state index in [0.717, 1.165) is 12.8 Å². The second-order valence-electron chi connectivity index (χ2n) is 4.80. The molecule has 1 fully saturated rings. The highest BCUT2D eigenvalue weighted by molar-refractivity contribution is 6.01. The molecule has 0 saturated carbocycles. The third kappa shape index (κ3) is 4.99. The standard InChI is InChI=1S/C13H20N2O5/c1-10(16)14(2)9-5-3-4-6-13(19)20-15-11(17)7-8-12(15)18/h3-9H2,1-2H3. The highest BCUT2D eigenvalue weighted by Gasteiger charge is 2.32. The summed E-state index contributed by atoms with van der Waals surface area (Å²) >= 11 is 0. The van der Waals surface area contributed by atoms with Crippen molar-refractivity contribution in [3.63, 3.8) is 0 Å². The Morgan fingerprint density at radius 2 is 1.75 bits per heavy atom. The van der Waals surface area contributed by atoms with Crippen LogP contribution in [0.1, 0.15) is 45.4 Å². The van der Waals surface area contributed by atoms with Gasteiger partial charge in [-0.15, -0.1) is 5.06 Å². The Bertz CT molecular complexity index is 392. The Morgan fingerprint density at radius 3 is 2.30 bits per heavy atom. The third-order valence-electron chi connectivity index (χ3n) is 3.11. The van der Waals surface area contributed by atoms with Crippen LogP contribution >= 0.6 is 0 Å². The van der Waals surface area contributed by atoms with Crippen LogP contribution in [0.5, 0.6) is 0 Å². The zero-order valence-electron chi connectivity index (χ0n) is 11.9. The van der Waals surface area contributed by atoms with Crippen LogP contribution in [-0.2, 0) is 24.0 Å². The van der Waals surface area contributed by atoms with Crippen LogP contribution in [-0.4, -0.2) is 47.2 Å². The first kappa shape index (κ1) is 16.1. The molecular formula is C13H20N2O5. The van der Waals surface area contributed by atoms with Crippen LogP contribution < -0.4 is 0 Å². The Balaban J connectivity index is 2.13. The maximum absolute atomic E-state index is 11.5. The average Bonchev–Trinajstić information content (AvgIpc) is 2.69. The molecule has 0 aliphatic carbocycles. The van der Waals surface area contributed by atoms with Crippen molar-refractivity contribution in [2.24, 2.45) is 0 Å². The number of hydrogen-bond acceptors (Lipinski definition) is 5. The summed E-state index contributed by atoms with van der Waals surface area (Å²) in [7, 11) is 1.72. The second-order valence-corrected chi connectivity index (χ2v) is 4.80. The van der Waals surface area contributed by atoms with E-state index in [4.69, 9.17) is 4.84 Å². The summed E-state index contributed by atoms with van der Waals surface area (Å²) in [4.78, 5) is 51.2. The van der Waals surface area contributed by atoms with Gasteiger partial charge in [-0.25, -0.2) is 4.79 Å². The lowest BCUT2D eigenvalue weighted by Gasteiger charge is -2.14. The van der Waals surface area contributed by atoms with Gasteiger partial charge in [-0.1, -0.05) is 6.42 Å². The van der Waals surface area contributed by atoms with E-state index in [1.807, 2.05) is 0 Å². The highest BCUT2D eigenvalue weighted by atomic mass is 16.7. The predicted molar refractivity (Wildman–Crippen MR) is 69.0 cm³/mol. The molecule has 1 aliphatic rings. The van der Waals surface area contributed by atoms with Crippen molar-refractivity contribution < 1.29 is 24.0 Å². The summed E-state index contributed by atoms with van der Waals surface area (Å²) in [6.45, 7) is 2.15. The first-order valence-corrected chi connectivity index (χ1v) is 6.70. The number of carbonyl (C=O) groups excluding carboxylic acids is 4. The molecule has 0 aromatic rings. The van der Waals surface area contributed by atoms with Gasteiger partial charge in [-0.2, -0.15) is 0 Å². The predicted octanol–water partition coefficient (Wildman–Crippen LogP) is 0.632.